The van der Waals surface area contributed by atoms with Crippen LogP contribution in [0, 0.1) is 6.92 Å². The molecule has 2 N–H and O–H groups in total. The van der Waals surface area contributed by atoms with E-state index in [0.29, 0.717) is 48.9 Å². The van der Waals surface area contributed by atoms with Gasteiger partial charge in [0.2, 0.25) is 0 Å². The molecule has 3 rings (SSSR count). The summed E-state index contributed by atoms with van der Waals surface area (Å²) in [5.41, 5.74) is 2.98. The number of carbonyl (C=O) groups excluding carboxylic acids is 2. The zero-order valence-corrected chi connectivity index (χ0v) is 21.1. The lowest BCUT2D eigenvalue weighted by atomic mass is 10.1. The monoisotopic (exact) mass is 535 g/mol. The molecule has 0 spiro atoms. The van der Waals surface area contributed by atoms with Crippen molar-refractivity contribution in [2.24, 2.45) is 0 Å². The Morgan fingerprint density at radius 3 is 2.61 bits per heavy atom. The maximum Gasteiger partial charge on any atom is 0.338 e. The first-order chi connectivity index (χ1) is 15.8. The van der Waals surface area contributed by atoms with E-state index in [2.05, 4.69) is 31.5 Å². The number of halogens is 1. The van der Waals surface area contributed by atoms with Gasteiger partial charge < -0.3 is 24.4 Å². The Balaban J connectivity index is 1.84. The van der Waals surface area contributed by atoms with Crippen LogP contribution >= 0.6 is 28.1 Å². The molecule has 0 aliphatic carbocycles. The molecule has 2 aromatic carbocycles. The largest absolute Gasteiger partial charge is 0.496 e. The number of nitrogens with zero attached hydrogens (tertiary/aromatic N) is 1. The minimum Gasteiger partial charge on any atom is -0.496 e. The second kappa shape index (κ2) is 11.4. The third kappa shape index (κ3) is 6.21. The van der Waals surface area contributed by atoms with Crippen LogP contribution in [-0.2, 0) is 9.47 Å². The van der Waals surface area contributed by atoms with Gasteiger partial charge in [-0.1, -0.05) is 15.9 Å². The summed E-state index contributed by atoms with van der Waals surface area (Å²) in [6.45, 7) is 6.47. The zero-order chi connectivity index (χ0) is 24.0. The molecule has 0 atom stereocenters. The fourth-order valence-electron chi connectivity index (χ4n) is 3.55. The number of hydrogen-bond acceptors (Lipinski definition) is 7. The van der Waals surface area contributed by atoms with Crippen LogP contribution in [0.2, 0.25) is 0 Å². The standard InChI is InChI=1S/C23H26BrN3O5S/c1-4-32-22(29)15-5-6-19(27-7-9-31-10-8-27)18(12-15)25-23(33)26-21(28)17-13-16(24)11-14(2)20(17)30-3/h5-6,11-13H,4,7-10H2,1-3H3,(H2,25,26,28,33). The number of carbonyl (C=O) groups is 2. The molecule has 1 aliphatic rings. The average molecular weight is 536 g/mol. The highest BCUT2D eigenvalue weighted by Gasteiger charge is 2.20. The Morgan fingerprint density at radius 2 is 1.94 bits per heavy atom. The topological polar surface area (TPSA) is 89.1 Å². The maximum absolute atomic E-state index is 12.9. The summed E-state index contributed by atoms with van der Waals surface area (Å²) in [7, 11) is 1.51. The Kier molecular flexibility index (Phi) is 8.65. The predicted octanol–water partition coefficient (Wildman–Crippen LogP) is 3.91. The van der Waals surface area contributed by atoms with Crippen LogP contribution < -0.4 is 20.3 Å². The van der Waals surface area contributed by atoms with Crippen molar-refractivity contribution in [3.63, 3.8) is 0 Å². The van der Waals surface area contributed by atoms with Gasteiger partial charge >= 0.3 is 5.97 Å². The summed E-state index contributed by atoms with van der Waals surface area (Å²) in [6, 6.07) is 8.76. The van der Waals surface area contributed by atoms with E-state index in [9.17, 15) is 9.59 Å². The van der Waals surface area contributed by atoms with Gasteiger partial charge in [-0.05, 0) is 62.0 Å². The van der Waals surface area contributed by atoms with Crippen molar-refractivity contribution in [1.29, 1.82) is 0 Å². The molecule has 176 valence electrons. The van der Waals surface area contributed by atoms with E-state index in [1.807, 2.05) is 19.1 Å². The summed E-state index contributed by atoms with van der Waals surface area (Å²) < 4.78 is 16.7. The molecule has 2 aromatic rings. The van der Waals surface area contributed by atoms with Crippen molar-refractivity contribution in [2.75, 3.05) is 50.2 Å². The molecule has 1 saturated heterocycles. The first kappa shape index (κ1) is 24.9. The van der Waals surface area contributed by atoms with Crippen LogP contribution in [0.15, 0.2) is 34.8 Å². The Hall–Kier alpha value is -2.69. The number of benzene rings is 2. The quantitative estimate of drug-likeness (QED) is 0.425. The minimum absolute atomic E-state index is 0.0928. The number of thiocarbonyl (C=S) groups is 1. The molecule has 33 heavy (non-hydrogen) atoms. The van der Waals surface area contributed by atoms with E-state index in [1.54, 1.807) is 25.1 Å². The Morgan fingerprint density at radius 1 is 1.21 bits per heavy atom. The molecule has 0 aromatic heterocycles. The summed E-state index contributed by atoms with van der Waals surface area (Å²) in [4.78, 5) is 27.3. The molecule has 1 heterocycles. The van der Waals surface area contributed by atoms with Gasteiger partial charge in [-0.25, -0.2) is 4.79 Å². The summed E-state index contributed by atoms with van der Waals surface area (Å²) in [5, 5.41) is 5.86. The zero-order valence-electron chi connectivity index (χ0n) is 18.7. The molecule has 0 saturated carbocycles. The third-order valence-electron chi connectivity index (χ3n) is 5.02. The maximum atomic E-state index is 12.9. The number of rotatable bonds is 6. The molecule has 0 unspecified atom stereocenters. The molecule has 10 heteroatoms. The van der Waals surface area contributed by atoms with Crippen molar-refractivity contribution in [3.05, 3.63) is 51.5 Å². The third-order valence-corrected chi connectivity index (χ3v) is 5.68. The molecule has 8 nitrogen and oxygen atoms in total. The number of amides is 1. The lowest BCUT2D eigenvalue weighted by Gasteiger charge is -2.31. The van der Waals surface area contributed by atoms with Crippen molar-refractivity contribution in [2.45, 2.75) is 13.8 Å². The van der Waals surface area contributed by atoms with E-state index in [1.165, 1.54) is 7.11 Å². The summed E-state index contributed by atoms with van der Waals surface area (Å²) in [5.74, 6) is -0.376. The molecule has 1 aliphatic heterocycles. The van der Waals surface area contributed by atoms with E-state index in [4.69, 9.17) is 26.4 Å². The number of aryl methyl sites for hydroxylation is 1. The minimum atomic E-state index is -0.432. The number of methoxy groups -OCH3 is 1. The van der Waals surface area contributed by atoms with Crippen LogP contribution in [0.3, 0.4) is 0 Å². The number of esters is 1. The predicted molar refractivity (Wildman–Crippen MR) is 135 cm³/mol. The van der Waals surface area contributed by atoms with Gasteiger partial charge in [-0.3, -0.25) is 10.1 Å². The molecule has 0 bridgehead atoms. The number of hydrogen-bond donors (Lipinski definition) is 2. The smallest absolute Gasteiger partial charge is 0.338 e. The van der Waals surface area contributed by atoms with Crippen LogP contribution in [0.4, 0.5) is 11.4 Å². The lowest BCUT2D eigenvalue weighted by Crippen LogP contribution is -2.38. The number of nitrogens with one attached hydrogen (secondary N) is 2. The highest BCUT2D eigenvalue weighted by molar-refractivity contribution is 9.10. The van der Waals surface area contributed by atoms with E-state index in [0.717, 1.165) is 15.7 Å². The van der Waals surface area contributed by atoms with Gasteiger partial charge in [0.05, 0.1) is 49.4 Å². The second-order valence-corrected chi connectivity index (χ2v) is 8.59. The molecule has 1 fully saturated rings. The van der Waals surface area contributed by atoms with Crippen molar-refractivity contribution in [1.82, 2.24) is 5.32 Å². The first-order valence-electron chi connectivity index (χ1n) is 10.4. The summed E-state index contributed by atoms with van der Waals surface area (Å²) in [6.07, 6.45) is 0. The van der Waals surface area contributed by atoms with Crippen molar-refractivity contribution in [3.8, 4) is 5.75 Å². The molecule has 1 amide bonds. The first-order valence-corrected chi connectivity index (χ1v) is 11.6. The van der Waals surface area contributed by atoms with Gasteiger partial charge in [-0.15, -0.1) is 0 Å². The average Bonchev–Trinajstić information content (AvgIpc) is 2.79. The Bertz CT molecular complexity index is 1060. The van der Waals surface area contributed by atoms with Gasteiger partial charge in [0.25, 0.3) is 5.91 Å². The number of anilines is 2. The van der Waals surface area contributed by atoms with Crippen LogP contribution in [-0.4, -0.2) is 57.0 Å². The van der Waals surface area contributed by atoms with Gasteiger partial charge in [-0.2, -0.15) is 0 Å². The highest BCUT2D eigenvalue weighted by Crippen LogP contribution is 2.30. The van der Waals surface area contributed by atoms with Gasteiger partial charge in [0, 0.05) is 17.6 Å². The van der Waals surface area contributed by atoms with Crippen molar-refractivity contribution < 1.29 is 23.8 Å². The van der Waals surface area contributed by atoms with Gasteiger partial charge in [0.15, 0.2) is 5.11 Å². The lowest BCUT2D eigenvalue weighted by molar-refractivity contribution is 0.0526. The number of ether oxygens (including phenoxy) is 3. The van der Waals surface area contributed by atoms with Crippen LogP contribution in [0.25, 0.3) is 0 Å². The van der Waals surface area contributed by atoms with Crippen LogP contribution in [0.1, 0.15) is 33.2 Å². The van der Waals surface area contributed by atoms with Gasteiger partial charge in [0.1, 0.15) is 5.75 Å². The molecular formula is C23H26BrN3O5S. The molecule has 0 radical (unpaired) electrons. The number of morpholine rings is 1. The normalized spacial score (nSPS) is 13.3. The molecular weight excluding hydrogens is 510 g/mol. The SMILES string of the molecule is CCOC(=O)c1ccc(N2CCOCC2)c(NC(=S)NC(=O)c2cc(Br)cc(C)c2OC)c1. The van der Waals surface area contributed by atoms with Crippen molar-refractivity contribution >= 4 is 56.5 Å². The highest BCUT2D eigenvalue weighted by atomic mass is 79.9. The van der Waals surface area contributed by atoms with E-state index >= 15 is 0 Å². The van der Waals surface area contributed by atoms with Crippen LogP contribution in [0.5, 0.6) is 5.75 Å². The second-order valence-electron chi connectivity index (χ2n) is 7.26. The Labute approximate surface area is 206 Å². The van der Waals surface area contributed by atoms with E-state index in [-0.39, 0.29) is 11.7 Å². The fourth-order valence-corrected chi connectivity index (χ4v) is 4.33. The fraction of sp³-hybridized carbons (Fsp3) is 0.348. The summed E-state index contributed by atoms with van der Waals surface area (Å²) >= 11 is 8.83. The van der Waals surface area contributed by atoms with E-state index < -0.39 is 11.9 Å².